The van der Waals surface area contributed by atoms with E-state index in [1.807, 2.05) is 12.1 Å². The second-order valence-corrected chi connectivity index (χ2v) is 7.42. The predicted molar refractivity (Wildman–Crippen MR) is 119 cm³/mol. The number of rotatable bonds is 4. The number of unbranched alkanes of at least 4 members (excludes halogenated alkanes) is 2. The summed E-state index contributed by atoms with van der Waals surface area (Å²) < 4.78 is 52.2. The summed E-state index contributed by atoms with van der Waals surface area (Å²) in [4.78, 5) is 0. The van der Waals surface area contributed by atoms with Crippen LogP contribution in [0.3, 0.4) is 0 Å². The maximum absolute atomic E-state index is 14.4. The van der Waals surface area contributed by atoms with Crippen LogP contribution >= 0.6 is 0 Å². The van der Waals surface area contributed by atoms with Gasteiger partial charge >= 0.3 is 6.18 Å². The molecule has 0 radical (unpaired) electrons. The van der Waals surface area contributed by atoms with Crippen molar-refractivity contribution in [2.24, 2.45) is 0 Å². The fourth-order valence-electron chi connectivity index (χ4n) is 3.05. The van der Waals surface area contributed by atoms with Gasteiger partial charge in [0.05, 0.1) is 11.1 Å². The normalized spacial score (nSPS) is 10.7. The topological polar surface area (TPSA) is 0 Å². The van der Waals surface area contributed by atoms with E-state index < -0.39 is 17.6 Å². The lowest BCUT2D eigenvalue weighted by molar-refractivity contribution is -0.137. The van der Waals surface area contributed by atoms with Crippen molar-refractivity contribution in [2.75, 3.05) is 0 Å². The van der Waals surface area contributed by atoms with Crippen LogP contribution in [0, 0.1) is 29.5 Å². The number of alkyl halides is 3. The summed E-state index contributed by atoms with van der Waals surface area (Å²) in [5.41, 5.74) is 2.45. The lowest BCUT2D eigenvalue weighted by Gasteiger charge is -2.05. The van der Waals surface area contributed by atoms with Gasteiger partial charge in [0.25, 0.3) is 0 Å². The molecule has 0 saturated heterocycles. The van der Waals surface area contributed by atoms with Crippen molar-refractivity contribution in [3.63, 3.8) is 0 Å². The van der Waals surface area contributed by atoms with Crippen LogP contribution in [0.1, 0.15) is 59.6 Å². The second kappa shape index (κ2) is 10.7. The van der Waals surface area contributed by atoms with Gasteiger partial charge in [0.15, 0.2) is 0 Å². The van der Waals surface area contributed by atoms with Gasteiger partial charge in [-0.3, -0.25) is 0 Å². The van der Waals surface area contributed by atoms with E-state index in [-0.39, 0.29) is 5.56 Å². The van der Waals surface area contributed by atoms with Gasteiger partial charge in [-0.15, -0.1) is 0 Å². The van der Waals surface area contributed by atoms with Gasteiger partial charge in [0, 0.05) is 16.7 Å². The molecule has 0 N–H and O–H groups in total. The molecule has 0 atom stereocenters. The van der Waals surface area contributed by atoms with Crippen molar-refractivity contribution in [2.45, 2.75) is 38.8 Å². The highest BCUT2D eigenvalue weighted by molar-refractivity contribution is 5.49. The molecule has 3 aromatic carbocycles. The lowest BCUT2D eigenvalue weighted by Crippen LogP contribution is -2.04. The Morgan fingerprint density at radius 3 is 1.84 bits per heavy atom. The smallest absolute Gasteiger partial charge is 0.206 e. The van der Waals surface area contributed by atoms with Crippen LogP contribution in [0.5, 0.6) is 0 Å². The van der Waals surface area contributed by atoms with E-state index in [1.165, 1.54) is 49.1 Å². The van der Waals surface area contributed by atoms with Gasteiger partial charge in [0.2, 0.25) is 0 Å². The zero-order chi connectivity index (χ0) is 23.0. The van der Waals surface area contributed by atoms with Gasteiger partial charge in [0.1, 0.15) is 5.82 Å². The molecule has 0 heterocycles. The zero-order valence-corrected chi connectivity index (χ0v) is 17.7. The Bertz CT molecular complexity index is 1160. The largest absolute Gasteiger partial charge is 0.416 e. The van der Waals surface area contributed by atoms with E-state index in [0.717, 1.165) is 24.1 Å². The number of halogens is 4. The third kappa shape index (κ3) is 6.76. The number of hydrogen-bond donors (Lipinski definition) is 0. The summed E-state index contributed by atoms with van der Waals surface area (Å²) >= 11 is 0. The van der Waals surface area contributed by atoms with Crippen LogP contribution < -0.4 is 0 Å². The summed E-state index contributed by atoms with van der Waals surface area (Å²) in [6, 6.07) is 17.0. The molecule has 0 amide bonds. The summed E-state index contributed by atoms with van der Waals surface area (Å²) in [7, 11) is 0. The van der Waals surface area contributed by atoms with Crippen molar-refractivity contribution in [3.8, 4) is 23.7 Å². The Hall–Kier alpha value is -3.50. The van der Waals surface area contributed by atoms with E-state index in [4.69, 9.17) is 0 Å². The maximum atomic E-state index is 14.4. The van der Waals surface area contributed by atoms with Crippen LogP contribution in [0.25, 0.3) is 0 Å². The molecule has 3 rings (SSSR count). The standard InChI is InChI=1S/C28H22F4/c1-2-3-4-5-21-6-8-22(9-7-21)10-11-24-13-17-25(27(29)20-24)16-12-23-14-18-26(19-15-23)28(30,31)32/h6-9,13-15,17-20H,2-5H2,1H3. The molecule has 0 unspecified atom stereocenters. The van der Waals surface area contributed by atoms with Gasteiger partial charge in [-0.05, 0) is 73.0 Å². The molecule has 0 aliphatic heterocycles. The minimum Gasteiger partial charge on any atom is -0.206 e. The molecule has 0 bridgehead atoms. The first-order chi connectivity index (χ1) is 15.3. The first-order valence-electron chi connectivity index (χ1n) is 10.4. The molecular weight excluding hydrogens is 412 g/mol. The summed E-state index contributed by atoms with van der Waals surface area (Å²) in [5, 5.41) is 0. The van der Waals surface area contributed by atoms with Gasteiger partial charge in [-0.1, -0.05) is 55.6 Å². The van der Waals surface area contributed by atoms with E-state index >= 15 is 0 Å². The Labute approximate surface area is 186 Å². The predicted octanol–water partition coefficient (Wildman–Crippen LogP) is 7.38. The van der Waals surface area contributed by atoms with Crippen molar-refractivity contribution in [1.29, 1.82) is 0 Å². The van der Waals surface area contributed by atoms with Crippen LogP contribution in [0.15, 0.2) is 66.7 Å². The monoisotopic (exact) mass is 434 g/mol. The Balaban J connectivity index is 1.67. The SMILES string of the molecule is CCCCCc1ccc(C#Cc2ccc(C#Cc3ccc(C(F)(F)F)cc3)c(F)c2)cc1. The van der Waals surface area contributed by atoms with Crippen molar-refractivity contribution < 1.29 is 17.6 Å². The molecule has 4 heteroatoms. The van der Waals surface area contributed by atoms with Crippen molar-refractivity contribution >= 4 is 0 Å². The van der Waals surface area contributed by atoms with Crippen LogP contribution in [0.2, 0.25) is 0 Å². The molecule has 0 saturated carbocycles. The quantitative estimate of drug-likeness (QED) is 0.228. The number of hydrogen-bond acceptors (Lipinski definition) is 0. The minimum atomic E-state index is -4.40. The van der Waals surface area contributed by atoms with Crippen LogP contribution in [-0.2, 0) is 12.6 Å². The molecule has 162 valence electrons. The van der Waals surface area contributed by atoms with Crippen LogP contribution in [-0.4, -0.2) is 0 Å². The van der Waals surface area contributed by atoms with E-state index in [2.05, 4.69) is 42.7 Å². The molecule has 0 aliphatic rings. The third-order valence-corrected chi connectivity index (χ3v) is 4.90. The van der Waals surface area contributed by atoms with Gasteiger partial charge in [-0.25, -0.2) is 4.39 Å². The average molecular weight is 434 g/mol. The summed E-state index contributed by atoms with van der Waals surface area (Å²) in [6.45, 7) is 2.18. The summed E-state index contributed by atoms with van der Waals surface area (Å²) in [5.74, 6) is 10.8. The molecule has 32 heavy (non-hydrogen) atoms. The molecular formula is C28H22F4. The van der Waals surface area contributed by atoms with Crippen molar-refractivity contribution in [3.05, 3.63) is 106 Å². The highest BCUT2D eigenvalue weighted by Crippen LogP contribution is 2.29. The molecule has 0 fully saturated rings. The second-order valence-electron chi connectivity index (χ2n) is 7.42. The summed E-state index contributed by atoms with van der Waals surface area (Å²) in [6.07, 6.45) is 0.250. The van der Waals surface area contributed by atoms with E-state index in [0.29, 0.717) is 11.1 Å². The molecule has 0 nitrogen and oxygen atoms in total. The number of aryl methyl sites for hydroxylation is 1. The fraction of sp³-hybridized carbons (Fsp3) is 0.214. The minimum absolute atomic E-state index is 0.159. The van der Waals surface area contributed by atoms with Gasteiger partial charge < -0.3 is 0 Å². The Morgan fingerprint density at radius 1 is 0.688 bits per heavy atom. The Morgan fingerprint density at radius 2 is 1.25 bits per heavy atom. The lowest BCUT2D eigenvalue weighted by atomic mass is 10.1. The fourth-order valence-corrected chi connectivity index (χ4v) is 3.05. The van der Waals surface area contributed by atoms with E-state index in [1.54, 1.807) is 6.07 Å². The third-order valence-electron chi connectivity index (χ3n) is 4.90. The molecule has 0 aliphatic carbocycles. The highest BCUT2D eigenvalue weighted by atomic mass is 19.4. The maximum Gasteiger partial charge on any atom is 0.416 e. The van der Waals surface area contributed by atoms with Crippen molar-refractivity contribution in [1.82, 2.24) is 0 Å². The molecule has 3 aromatic rings. The zero-order valence-electron chi connectivity index (χ0n) is 17.7. The molecule has 0 spiro atoms. The Kier molecular flexibility index (Phi) is 7.74. The number of benzene rings is 3. The van der Waals surface area contributed by atoms with E-state index in [9.17, 15) is 17.6 Å². The highest BCUT2D eigenvalue weighted by Gasteiger charge is 2.29. The first-order valence-corrected chi connectivity index (χ1v) is 10.4. The first kappa shape index (κ1) is 23.2. The average Bonchev–Trinajstić information content (AvgIpc) is 2.78. The van der Waals surface area contributed by atoms with Crippen LogP contribution in [0.4, 0.5) is 17.6 Å². The van der Waals surface area contributed by atoms with Gasteiger partial charge in [-0.2, -0.15) is 13.2 Å². The molecule has 0 aromatic heterocycles.